The fraction of sp³-hybridized carbons (Fsp3) is 0.667. The van der Waals surface area contributed by atoms with Gasteiger partial charge in [0, 0.05) is 16.7 Å². The van der Waals surface area contributed by atoms with Crippen molar-refractivity contribution >= 4 is 17.6 Å². The summed E-state index contributed by atoms with van der Waals surface area (Å²) in [5, 5.41) is 1.58. The topological polar surface area (TPSA) is 63.8 Å². The first-order valence-corrected chi connectivity index (χ1v) is 6.89. The molecule has 1 rings (SSSR count). The van der Waals surface area contributed by atoms with E-state index in [9.17, 15) is 0 Å². The van der Waals surface area contributed by atoms with Gasteiger partial charge >= 0.3 is 0 Å². The highest BCUT2D eigenvalue weighted by Crippen LogP contribution is 2.30. The molecule has 1 aromatic rings. The van der Waals surface area contributed by atoms with E-state index in [1.54, 1.807) is 11.8 Å². The quantitative estimate of drug-likeness (QED) is 0.366. The number of nitrogens with two attached hydrogens (primary N) is 1. The summed E-state index contributed by atoms with van der Waals surface area (Å²) in [7, 11) is 0. The average Bonchev–Trinajstić information content (AvgIpc) is 2.31. The predicted octanol–water partition coefficient (Wildman–Crippen LogP) is 3.08. The molecule has 4 nitrogen and oxygen atoms in total. The molecule has 0 fully saturated rings. The Balaban J connectivity index is 3.13. The first kappa shape index (κ1) is 14.3. The lowest BCUT2D eigenvalue weighted by Crippen LogP contribution is -2.14. The van der Waals surface area contributed by atoms with E-state index in [0.717, 1.165) is 28.7 Å². The van der Waals surface area contributed by atoms with Gasteiger partial charge in [-0.3, -0.25) is 0 Å². The second-order valence-electron chi connectivity index (χ2n) is 4.50. The summed E-state index contributed by atoms with van der Waals surface area (Å²) in [6.07, 6.45) is 1.12. The Hall–Kier alpha value is -0.810. The molecule has 5 heteroatoms. The standard InChI is InChI=1S/C12H22N4S/c1-6-8(4)17-12-9(5)11(16-13)14-10(15-12)7(2)3/h7-8H,6,13H2,1-5H3,(H,14,15,16). The zero-order valence-corrected chi connectivity index (χ0v) is 12.1. The minimum Gasteiger partial charge on any atom is -0.308 e. The number of aromatic nitrogens is 2. The van der Waals surface area contributed by atoms with Crippen molar-refractivity contribution in [3.63, 3.8) is 0 Å². The summed E-state index contributed by atoms with van der Waals surface area (Å²) in [5.74, 6) is 7.38. The van der Waals surface area contributed by atoms with Gasteiger partial charge in [-0.1, -0.05) is 27.7 Å². The van der Waals surface area contributed by atoms with Crippen molar-refractivity contribution in [1.82, 2.24) is 9.97 Å². The summed E-state index contributed by atoms with van der Waals surface area (Å²) in [6.45, 7) is 10.6. The van der Waals surface area contributed by atoms with Gasteiger partial charge in [0.25, 0.3) is 0 Å². The number of anilines is 1. The summed E-state index contributed by atoms with van der Waals surface area (Å²) < 4.78 is 0. The molecule has 0 aliphatic carbocycles. The van der Waals surface area contributed by atoms with Crippen LogP contribution in [0.2, 0.25) is 0 Å². The molecule has 0 bridgehead atoms. The zero-order chi connectivity index (χ0) is 13.0. The van der Waals surface area contributed by atoms with E-state index in [-0.39, 0.29) is 0 Å². The SMILES string of the molecule is CCC(C)Sc1nc(C(C)C)nc(NN)c1C. The average molecular weight is 254 g/mol. The Labute approximate surface area is 108 Å². The van der Waals surface area contributed by atoms with E-state index >= 15 is 0 Å². The lowest BCUT2D eigenvalue weighted by molar-refractivity contribution is 0.747. The second-order valence-corrected chi connectivity index (χ2v) is 5.92. The van der Waals surface area contributed by atoms with Crippen LogP contribution in [-0.4, -0.2) is 15.2 Å². The van der Waals surface area contributed by atoms with Crippen LogP contribution in [0.25, 0.3) is 0 Å². The van der Waals surface area contributed by atoms with Gasteiger partial charge in [0.05, 0.1) is 0 Å². The van der Waals surface area contributed by atoms with E-state index in [0.29, 0.717) is 11.2 Å². The van der Waals surface area contributed by atoms with Gasteiger partial charge in [-0.2, -0.15) is 0 Å². The molecule has 0 saturated heterocycles. The van der Waals surface area contributed by atoms with Gasteiger partial charge in [0.2, 0.25) is 0 Å². The van der Waals surface area contributed by atoms with Crippen LogP contribution >= 0.6 is 11.8 Å². The molecule has 1 unspecified atom stereocenters. The molecule has 0 aliphatic rings. The van der Waals surface area contributed by atoms with E-state index in [1.165, 1.54) is 0 Å². The van der Waals surface area contributed by atoms with Crippen molar-refractivity contribution in [2.24, 2.45) is 5.84 Å². The summed E-state index contributed by atoms with van der Waals surface area (Å²) in [5.41, 5.74) is 3.69. The highest BCUT2D eigenvalue weighted by atomic mass is 32.2. The smallest absolute Gasteiger partial charge is 0.147 e. The highest BCUT2D eigenvalue weighted by molar-refractivity contribution is 7.99. The number of hydrazine groups is 1. The van der Waals surface area contributed by atoms with Crippen LogP contribution in [0.15, 0.2) is 5.03 Å². The molecular formula is C12H22N4S. The van der Waals surface area contributed by atoms with Crippen LogP contribution in [0.4, 0.5) is 5.82 Å². The highest BCUT2D eigenvalue weighted by Gasteiger charge is 2.14. The summed E-state index contributed by atoms with van der Waals surface area (Å²) in [6, 6.07) is 0. The van der Waals surface area contributed by atoms with Crippen LogP contribution in [0.3, 0.4) is 0 Å². The molecule has 0 amide bonds. The lowest BCUT2D eigenvalue weighted by atomic mass is 10.2. The summed E-state index contributed by atoms with van der Waals surface area (Å²) in [4.78, 5) is 9.05. The molecular weight excluding hydrogens is 232 g/mol. The Morgan fingerprint density at radius 3 is 2.41 bits per heavy atom. The van der Waals surface area contributed by atoms with E-state index < -0.39 is 0 Å². The molecule has 1 heterocycles. The lowest BCUT2D eigenvalue weighted by Gasteiger charge is -2.15. The minimum absolute atomic E-state index is 0.305. The van der Waals surface area contributed by atoms with Crippen molar-refractivity contribution in [2.45, 2.75) is 57.2 Å². The molecule has 1 aromatic heterocycles. The third-order valence-electron chi connectivity index (χ3n) is 2.66. The van der Waals surface area contributed by atoms with E-state index in [2.05, 4.69) is 43.1 Å². The monoisotopic (exact) mass is 254 g/mol. The van der Waals surface area contributed by atoms with Crippen LogP contribution < -0.4 is 11.3 Å². The molecule has 0 spiro atoms. The van der Waals surface area contributed by atoms with E-state index in [4.69, 9.17) is 5.84 Å². The second kappa shape index (κ2) is 6.21. The van der Waals surface area contributed by atoms with Gasteiger partial charge in [0.15, 0.2) is 0 Å². The Bertz CT molecular complexity index is 379. The number of hydrogen-bond donors (Lipinski definition) is 2. The number of nitrogens with one attached hydrogen (secondary N) is 1. The van der Waals surface area contributed by atoms with Gasteiger partial charge in [-0.05, 0) is 13.3 Å². The normalized spacial score (nSPS) is 12.9. The predicted molar refractivity (Wildman–Crippen MR) is 74.3 cm³/mol. The molecule has 17 heavy (non-hydrogen) atoms. The molecule has 0 saturated carbocycles. The third kappa shape index (κ3) is 3.57. The first-order chi connectivity index (χ1) is 7.99. The van der Waals surface area contributed by atoms with Crippen molar-refractivity contribution in [3.05, 3.63) is 11.4 Å². The van der Waals surface area contributed by atoms with Crippen molar-refractivity contribution in [1.29, 1.82) is 0 Å². The molecule has 96 valence electrons. The Kier molecular flexibility index (Phi) is 5.21. The number of rotatable bonds is 5. The van der Waals surface area contributed by atoms with Crippen LogP contribution in [0.5, 0.6) is 0 Å². The molecule has 0 aliphatic heterocycles. The van der Waals surface area contributed by atoms with Crippen LogP contribution in [-0.2, 0) is 0 Å². The number of hydrogen-bond acceptors (Lipinski definition) is 5. The van der Waals surface area contributed by atoms with Gasteiger partial charge < -0.3 is 5.43 Å². The molecule has 0 radical (unpaired) electrons. The number of nitrogens with zero attached hydrogens (tertiary/aromatic N) is 2. The molecule has 3 N–H and O–H groups in total. The van der Waals surface area contributed by atoms with Crippen molar-refractivity contribution < 1.29 is 0 Å². The zero-order valence-electron chi connectivity index (χ0n) is 11.2. The minimum atomic E-state index is 0.305. The van der Waals surface area contributed by atoms with Gasteiger partial charge in [-0.15, -0.1) is 11.8 Å². The third-order valence-corrected chi connectivity index (χ3v) is 4.02. The maximum absolute atomic E-state index is 5.50. The first-order valence-electron chi connectivity index (χ1n) is 6.01. The van der Waals surface area contributed by atoms with Crippen LogP contribution in [0.1, 0.15) is 51.4 Å². The fourth-order valence-electron chi connectivity index (χ4n) is 1.30. The van der Waals surface area contributed by atoms with Crippen molar-refractivity contribution in [3.8, 4) is 0 Å². The van der Waals surface area contributed by atoms with Crippen LogP contribution in [0, 0.1) is 6.92 Å². The molecule has 0 aromatic carbocycles. The summed E-state index contributed by atoms with van der Waals surface area (Å²) >= 11 is 1.78. The van der Waals surface area contributed by atoms with Crippen molar-refractivity contribution in [2.75, 3.05) is 5.43 Å². The fourth-order valence-corrected chi connectivity index (χ4v) is 2.27. The number of nitrogen functional groups attached to an aromatic ring is 1. The van der Waals surface area contributed by atoms with E-state index in [1.807, 2.05) is 6.92 Å². The maximum Gasteiger partial charge on any atom is 0.147 e. The number of thioether (sulfide) groups is 1. The largest absolute Gasteiger partial charge is 0.308 e. The molecule has 1 atom stereocenters. The maximum atomic E-state index is 5.50. The van der Waals surface area contributed by atoms with Gasteiger partial charge in [0.1, 0.15) is 16.7 Å². The van der Waals surface area contributed by atoms with Gasteiger partial charge in [-0.25, -0.2) is 15.8 Å². The Morgan fingerprint density at radius 1 is 1.29 bits per heavy atom. The Morgan fingerprint density at radius 2 is 1.94 bits per heavy atom.